The van der Waals surface area contributed by atoms with E-state index in [0.29, 0.717) is 6.04 Å². The first kappa shape index (κ1) is 13.4. The van der Waals surface area contributed by atoms with Gasteiger partial charge in [-0.05, 0) is 25.5 Å². The Morgan fingerprint density at radius 2 is 2.30 bits per heavy atom. The van der Waals surface area contributed by atoms with Crippen LogP contribution in [0.4, 0.5) is 0 Å². The van der Waals surface area contributed by atoms with Gasteiger partial charge in [0.25, 0.3) is 0 Å². The van der Waals surface area contributed by atoms with Crippen LogP contribution in [0.5, 0.6) is 0 Å². The first-order valence-corrected chi connectivity index (χ1v) is 7.63. The fourth-order valence-electron chi connectivity index (χ4n) is 3.05. The molecule has 2 N–H and O–H groups in total. The summed E-state index contributed by atoms with van der Waals surface area (Å²) in [4.78, 5) is 7.56. The van der Waals surface area contributed by atoms with Crippen molar-refractivity contribution in [2.75, 3.05) is 6.54 Å². The maximum absolute atomic E-state index is 4.76. The number of hydrogen-bond acceptors (Lipinski definition) is 3. The van der Waals surface area contributed by atoms with Crippen molar-refractivity contribution in [2.24, 2.45) is 0 Å². The van der Waals surface area contributed by atoms with Crippen molar-refractivity contribution >= 4 is 0 Å². The van der Waals surface area contributed by atoms with Crippen molar-refractivity contribution in [3.05, 3.63) is 36.2 Å². The summed E-state index contributed by atoms with van der Waals surface area (Å²) < 4.78 is 2.16. The molecule has 1 saturated carbocycles. The fourth-order valence-corrected chi connectivity index (χ4v) is 3.05. The SMILES string of the molecule is CCNC(Cc1ccn(C2CCCC2)n1)c1ncc[nH]1. The number of H-pyrrole nitrogens is 1. The zero-order valence-electron chi connectivity index (χ0n) is 12.0. The second-order valence-corrected chi connectivity index (χ2v) is 5.51. The normalized spacial score (nSPS) is 17.6. The van der Waals surface area contributed by atoms with Gasteiger partial charge >= 0.3 is 0 Å². The third kappa shape index (κ3) is 2.93. The van der Waals surface area contributed by atoms with Gasteiger partial charge in [0.1, 0.15) is 5.82 Å². The molecule has 5 nitrogen and oxygen atoms in total. The van der Waals surface area contributed by atoms with E-state index in [2.05, 4.69) is 39.2 Å². The molecule has 1 unspecified atom stereocenters. The molecule has 0 saturated heterocycles. The molecule has 0 aromatic carbocycles. The van der Waals surface area contributed by atoms with Gasteiger partial charge in [-0.25, -0.2) is 4.98 Å². The van der Waals surface area contributed by atoms with Crippen LogP contribution in [-0.4, -0.2) is 26.3 Å². The zero-order valence-corrected chi connectivity index (χ0v) is 12.0. The highest BCUT2D eigenvalue weighted by molar-refractivity contribution is 5.07. The summed E-state index contributed by atoms with van der Waals surface area (Å²) >= 11 is 0. The van der Waals surface area contributed by atoms with Gasteiger partial charge in [0, 0.05) is 25.0 Å². The van der Waals surface area contributed by atoms with E-state index in [1.54, 1.807) is 6.20 Å². The number of aromatic amines is 1. The molecule has 1 atom stereocenters. The zero-order chi connectivity index (χ0) is 13.8. The summed E-state index contributed by atoms with van der Waals surface area (Å²) in [6.45, 7) is 3.04. The summed E-state index contributed by atoms with van der Waals surface area (Å²) in [7, 11) is 0. The molecule has 0 spiro atoms. The number of nitrogens with zero attached hydrogens (tertiary/aromatic N) is 3. The number of imidazole rings is 1. The van der Waals surface area contributed by atoms with Gasteiger partial charge in [0.2, 0.25) is 0 Å². The van der Waals surface area contributed by atoms with Crippen LogP contribution in [0.1, 0.15) is 56.2 Å². The minimum Gasteiger partial charge on any atom is -0.347 e. The largest absolute Gasteiger partial charge is 0.347 e. The van der Waals surface area contributed by atoms with Gasteiger partial charge in [0.15, 0.2) is 0 Å². The lowest BCUT2D eigenvalue weighted by Crippen LogP contribution is -2.24. The highest BCUT2D eigenvalue weighted by Crippen LogP contribution is 2.29. The average Bonchev–Trinajstić information content (AvgIpc) is 3.20. The van der Waals surface area contributed by atoms with E-state index in [1.165, 1.54) is 25.7 Å². The van der Waals surface area contributed by atoms with Gasteiger partial charge in [-0.1, -0.05) is 19.8 Å². The predicted octanol–water partition coefficient (Wildman–Crippen LogP) is 2.61. The summed E-state index contributed by atoms with van der Waals surface area (Å²) in [6.07, 6.45) is 11.9. The van der Waals surface area contributed by atoms with Gasteiger partial charge in [-0.3, -0.25) is 4.68 Å². The summed E-state index contributed by atoms with van der Waals surface area (Å²) in [5.41, 5.74) is 1.14. The van der Waals surface area contributed by atoms with Crippen molar-refractivity contribution in [1.29, 1.82) is 0 Å². The number of nitrogens with one attached hydrogen (secondary N) is 2. The minimum atomic E-state index is 0.210. The van der Waals surface area contributed by atoms with Gasteiger partial charge in [-0.15, -0.1) is 0 Å². The molecule has 2 heterocycles. The van der Waals surface area contributed by atoms with E-state index in [1.807, 2.05) is 6.20 Å². The molecule has 0 amide bonds. The van der Waals surface area contributed by atoms with Crippen molar-refractivity contribution in [2.45, 2.75) is 51.1 Å². The van der Waals surface area contributed by atoms with E-state index >= 15 is 0 Å². The predicted molar refractivity (Wildman–Crippen MR) is 78.4 cm³/mol. The number of likely N-dealkylation sites (N-methyl/N-ethyl adjacent to an activating group) is 1. The van der Waals surface area contributed by atoms with E-state index in [4.69, 9.17) is 5.10 Å². The lowest BCUT2D eigenvalue weighted by molar-refractivity contribution is 0.455. The lowest BCUT2D eigenvalue weighted by atomic mass is 10.1. The Morgan fingerprint density at radius 1 is 1.45 bits per heavy atom. The van der Waals surface area contributed by atoms with Crippen LogP contribution in [-0.2, 0) is 6.42 Å². The third-order valence-corrected chi connectivity index (χ3v) is 4.08. The van der Waals surface area contributed by atoms with Gasteiger partial charge in [-0.2, -0.15) is 5.10 Å². The Hall–Kier alpha value is -1.62. The topological polar surface area (TPSA) is 58.5 Å². The molecular formula is C15H23N5. The van der Waals surface area contributed by atoms with Crippen LogP contribution in [0, 0.1) is 0 Å². The molecule has 2 aromatic heterocycles. The Kier molecular flexibility index (Phi) is 4.16. The highest BCUT2D eigenvalue weighted by atomic mass is 15.3. The number of hydrogen-bond donors (Lipinski definition) is 2. The van der Waals surface area contributed by atoms with Crippen LogP contribution in [0.25, 0.3) is 0 Å². The summed E-state index contributed by atoms with van der Waals surface area (Å²) in [5, 5.41) is 8.23. The molecule has 5 heteroatoms. The number of aromatic nitrogens is 4. The Morgan fingerprint density at radius 3 is 3.00 bits per heavy atom. The molecule has 108 valence electrons. The Labute approximate surface area is 119 Å². The number of rotatable bonds is 6. The van der Waals surface area contributed by atoms with Crippen LogP contribution in [0.15, 0.2) is 24.7 Å². The second kappa shape index (κ2) is 6.22. The van der Waals surface area contributed by atoms with E-state index in [0.717, 1.165) is 24.5 Å². The molecule has 0 radical (unpaired) electrons. The monoisotopic (exact) mass is 273 g/mol. The average molecular weight is 273 g/mol. The van der Waals surface area contributed by atoms with Crippen LogP contribution in [0.3, 0.4) is 0 Å². The van der Waals surface area contributed by atoms with Crippen molar-refractivity contribution in [3.8, 4) is 0 Å². The molecule has 0 bridgehead atoms. The first-order valence-electron chi connectivity index (χ1n) is 7.63. The second-order valence-electron chi connectivity index (χ2n) is 5.51. The first-order chi connectivity index (χ1) is 9.86. The van der Waals surface area contributed by atoms with Crippen LogP contribution < -0.4 is 5.32 Å². The molecular weight excluding hydrogens is 250 g/mol. The van der Waals surface area contributed by atoms with Gasteiger partial charge < -0.3 is 10.3 Å². The highest BCUT2D eigenvalue weighted by Gasteiger charge is 2.19. The van der Waals surface area contributed by atoms with E-state index in [9.17, 15) is 0 Å². The third-order valence-electron chi connectivity index (χ3n) is 4.08. The van der Waals surface area contributed by atoms with Crippen molar-refractivity contribution in [1.82, 2.24) is 25.1 Å². The minimum absolute atomic E-state index is 0.210. The smallest absolute Gasteiger partial charge is 0.123 e. The van der Waals surface area contributed by atoms with Crippen molar-refractivity contribution in [3.63, 3.8) is 0 Å². The summed E-state index contributed by atoms with van der Waals surface area (Å²) in [5.74, 6) is 0.988. The summed E-state index contributed by atoms with van der Waals surface area (Å²) in [6, 6.07) is 2.97. The lowest BCUT2D eigenvalue weighted by Gasteiger charge is -2.14. The maximum atomic E-state index is 4.76. The standard InChI is InChI=1S/C15H23N5/c1-2-16-14(15-17-8-9-18-15)11-12-7-10-20(19-12)13-5-3-4-6-13/h7-10,13-14,16H,2-6,11H2,1H3,(H,17,18). The van der Waals surface area contributed by atoms with E-state index < -0.39 is 0 Å². The Balaban J connectivity index is 1.69. The molecule has 0 aliphatic heterocycles. The molecule has 2 aromatic rings. The van der Waals surface area contributed by atoms with Crippen molar-refractivity contribution < 1.29 is 0 Å². The quantitative estimate of drug-likeness (QED) is 0.850. The van der Waals surface area contributed by atoms with E-state index in [-0.39, 0.29) is 6.04 Å². The maximum Gasteiger partial charge on any atom is 0.123 e. The molecule has 3 rings (SSSR count). The van der Waals surface area contributed by atoms with Gasteiger partial charge in [0.05, 0.1) is 17.8 Å². The van der Waals surface area contributed by atoms with Crippen LogP contribution in [0.2, 0.25) is 0 Å². The molecule has 20 heavy (non-hydrogen) atoms. The molecule has 1 fully saturated rings. The molecule has 1 aliphatic carbocycles. The van der Waals surface area contributed by atoms with Crippen LogP contribution >= 0.6 is 0 Å². The fraction of sp³-hybridized carbons (Fsp3) is 0.600. The molecule has 1 aliphatic rings. The Bertz CT molecular complexity index is 510.